The predicted molar refractivity (Wildman–Crippen MR) is 217 cm³/mol. The number of unbranched alkanes of at least 4 members (excludes halogenated alkanes) is 3. The average Bonchev–Trinajstić information content (AvgIpc) is 3.12. The van der Waals surface area contributed by atoms with E-state index in [1.54, 1.807) is 20.8 Å². The third-order valence-electron chi connectivity index (χ3n) is 8.07. The van der Waals surface area contributed by atoms with E-state index in [2.05, 4.69) is 58.4 Å². The van der Waals surface area contributed by atoms with Crippen LogP contribution in [0.5, 0.6) is 0 Å². The number of amides is 7. The van der Waals surface area contributed by atoms with E-state index in [1.165, 1.54) is 0 Å². The molecule has 0 aliphatic rings. The second-order valence-electron chi connectivity index (χ2n) is 15.0. The Balaban J connectivity index is 4.62. The van der Waals surface area contributed by atoms with Crippen LogP contribution in [0.3, 0.4) is 0 Å². The molecule has 3 unspecified atom stereocenters. The van der Waals surface area contributed by atoms with Gasteiger partial charge in [-0.05, 0) is 78.1 Å². The van der Waals surface area contributed by atoms with Crippen LogP contribution in [0, 0.1) is 5.92 Å². The van der Waals surface area contributed by atoms with Gasteiger partial charge >= 0.3 is 6.09 Å². The summed E-state index contributed by atoms with van der Waals surface area (Å²) in [6, 6.07) is -2.64. The Hall–Kier alpha value is -3.64. The first-order valence-corrected chi connectivity index (χ1v) is 20.6. The van der Waals surface area contributed by atoms with Gasteiger partial charge in [-0.2, -0.15) is 12.6 Å². The van der Waals surface area contributed by atoms with Crippen molar-refractivity contribution in [1.29, 1.82) is 0 Å². The number of carbonyl (C=O) groups is 7. The SMILES string of the molecule is CCCCC(=O)NC(CCCCNC(=O)OC(C)(C)C)C(=O)NCCOCCOCCC(=O)NC(CCCCNC(=O)CCC(C)C)C(=O)NC(CS)C(N)=O. The molecule has 56 heavy (non-hydrogen) atoms. The lowest BCUT2D eigenvalue weighted by atomic mass is 10.1. The molecule has 8 N–H and O–H groups in total. The van der Waals surface area contributed by atoms with Crippen LogP contribution in [0.15, 0.2) is 0 Å². The molecule has 0 aromatic rings. The van der Waals surface area contributed by atoms with Gasteiger partial charge in [-0.3, -0.25) is 28.8 Å². The van der Waals surface area contributed by atoms with Gasteiger partial charge in [0.25, 0.3) is 0 Å². The highest BCUT2D eigenvalue weighted by molar-refractivity contribution is 7.80. The zero-order valence-corrected chi connectivity index (χ0v) is 35.5. The van der Waals surface area contributed by atoms with Crippen molar-refractivity contribution in [2.24, 2.45) is 11.7 Å². The smallest absolute Gasteiger partial charge is 0.407 e. The number of carbonyl (C=O) groups excluding carboxylic acids is 7. The van der Waals surface area contributed by atoms with Crippen molar-refractivity contribution in [2.45, 2.75) is 142 Å². The van der Waals surface area contributed by atoms with Crippen molar-refractivity contribution in [3.63, 3.8) is 0 Å². The minimum atomic E-state index is -0.994. The number of nitrogens with two attached hydrogens (primary N) is 1. The number of hydrogen-bond donors (Lipinski definition) is 8. The highest BCUT2D eigenvalue weighted by Gasteiger charge is 2.25. The van der Waals surface area contributed by atoms with Crippen LogP contribution in [-0.2, 0) is 43.0 Å². The fourth-order valence-corrected chi connectivity index (χ4v) is 5.20. The van der Waals surface area contributed by atoms with Crippen LogP contribution >= 0.6 is 12.6 Å². The summed E-state index contributed by atoms with van der Waals surface area (Å²) >= 11 is 4.06. The Labute approximate surface area is 339 Å². The van der Waals surface area contributed by atoms with Crippen LogP contribution in [-0.4, -0.2) is 117 Å². The third-order valence-corrected chi connectivity index (χ3v) is 8.44. The first-order valence-electron chi connectivity index (χ1n) is 19.9. The number of nitrogens with one attached hydrogen (secondary N) is 6. The van der Waals surface area contributed by atoms with Crippen molar-refractivity contribution in [3.05, 3.63) is 0 Å². The Morgan fingerprint density at radius 3 is 1.73 bits per heavy atom. The minimum Gasteiger partial charge on any atom is -0.444 e. The van der Waals surface area contributed by atoms with Gasteiger partial charge in [0.2, 0.25) is 35.4 Å². The monoisotopic (exact) mass is 817 g/mol. The highest BCUT2D eigenvalue weighted by atomic mass is 32.1. The summed E-state index contributed by atoms with van der Waals surface area (Å²) in [7, 11) is 0. The van der Waals surface area contributed by atoms with Crippen LogP contribution in [0.25, 0.3) is 0 Å². The lowest BCUT2D eigenvalue weighted by molar-refractivity contribution is -0.131. The Morgan fingerprint density at radius 1 is 0.607 bits per heavy atom. The lowest BCUT2D eigenvalue weighted by Crippen LogP contribution is -2.53. The normalized spacial score (nSPS) is 12.9. The molecular weight excluding hydrogens is 747 g/mol. The molecule has 0 rings (SSSR count). The summed E-state index contributed by atoms with van der Waals surface area (Å²) in [5.41, 5.74) is 4.74. The summed E-state index contributed by atoms with van der Waals surface area (Å²) in [6.07, 6.45) is 5.61. The predicted octanol–water partition coefficient (Wildman–Crippen LogP) is 2.00. The molecule has 0 aliphatic heterocycles. The van der Waals surface area contributed by atoms with Crippen molar-refractivity contribution in [1.82, 2.24) is 31.9 Å². The van der Waals surface area contributed by atoms with Crippen molar-refractivity contribution in [3.8, 4) is 0 Å². The molecule has 3 atom stereocenters. The van der Waals surface area contributed by atoms with E-state index in [4.69, 9.17) is 19.9 Å². The minimum absolute atomic E-state index is 0.00228. The molecule has 0 saturated heterocycles. The van der Waals surface area contributed by atoms with E-state index in [0.717, 1.165) is 19.3 Å². The fraction of sp³-hybridized carbons (Fsp3) is 0.816. The summed E-state index contributed by atoms with van der Waals surface area (Å²) in [5.74, 6) is -1.84. The van der Waals surface area contributed by atoms with Gasteiger partial charge in [-0.25, -0.2) is 4.79 Å². The second-order valence-corrected chi connectivity index (χ2v) is 15.3. The zero-order chi connectivity index (χ0) is 42.4. The molecule has 0 bridgehead atoms. The molecule has 0 aliphatic carbocycles. The molecule has 324 valence electrons. The molecule has 0 radical (unpaired) electrons. The van der Waals surface area contributed by atoms with Crippen molar-refractivity contribution in [2.75, 3.05) is 51.8 Å². The molecule has 7 amide bonds. The van der Waals surface area contributed by atoms with E-state index < -0.39 is 47.5 Å². The molecule has 0 heterocycles. The molecule has 0 spiro atoms. The van der Waals surface area contributed by atoms with Crippen LogP contribution in [0.1, 0.15) is 119 Å². The van der Waals surface area contributed by atoms with Gasteiger partial charge in [0, 0.05) is 44.6 Å². The number of ether oxygens (including phenoxy) is 3. The molecular formula is C38H71N7O10S. The van der Waals surface area contributed by atoms with Gasteiger partial charge in [-0.15, -0.1) is 0 Å². The topological polar surface area (TPSA) is 245 Å². The standard InChI is InChI=1S/C38H71N7O10S/c1-7-8-15-32(47)43-28(13-10-12-20-42-37(52)55-38(4,5)6)35(50)41-21-23-54-25-24-53-22-18-33(48)44-29(36(51)45-30(26-56)34(39)49)14-9-11-19-40-31(46)17-16-27(2)3/h27-30,56H,7-26H2,1-6H3,(H2,39,49)(H,40,46)(H,41,50)(H,42,52)(H,43,47)(H,44,48)(H,45,51). The summed E-state index contributed by atoms with van der Waals surface area (Å²) in [6.45, 7) is 13.1. The van der Waals surface area contributed by atoms with E-state index in [1.807, 2.05) is 6.92 Å². The molecule has 0 saturated carbocycles. The molecule has 18 heteroatoms. The molecule has 0 fully saturated rings. The number of alkyl carbamates (subject to hydrolysis) is 1. The summed E-state index contributed by atoms with van der Waals surface area (Å²) in [4.78, 5) is 86.3. The lowest BCUT2D eigenvalue weighted by Gasteiger charge is -2.21. The summed E-state index contributed by atoms with van der Waals surface area (Å²) < 4.78 is 16.3. The van der Waals surface area contributed by atoms with Crippen LogP contribution in [0.4, 0.5) is 4.79 Å². The van der Waals surface area contributed by atoms with E-state index in [0.29, 0.717) is 64.0 Å². The second kappa shape index (κ2) is 31.4. The number of rotatable bonds is 32. The van der Waals surface area contributed by atoms with Crippen LogP contribution < -0.4 is 37.6 Å². The van der Waals surface area contributed by atoms with E-state index in [-0.39, 0.29) is 69.3 Å². The maximum atomic E-state index is 12.9. The van der Waals surface area contributed by atoms with Gasteiger partial charge in [0.1, 0.15) is 23.7 Å². The van der Waals surface area contributed by atoms with Crippen molar-refractivity contribution < 1.29 is 47.8 Å². The third kappa shape index (κ3) is 29.6. The largest absolute Gasteiger partial charge is 0.444 e. The quantitative estimate of drug-likeness (QED) is 0.0363. The highest BCUT2D eigenvalue weighted by Crippen LogP contribution is 2.08. The first-order chi connectivity index (χ1) is 26.5. The number of primary amides is 1. The Bertz CT molecular complexity index is 1190. The molecule has 17 nitrogen and oxygen atoms in total. The maximum absolute atomic E-state index is 12.9. The number of thiol groups is 1. The average molecular weight is 818 g/mol. The van der Waals surface area contributed by atoms with E-state index >= 15 is 0 Å². The Kier molecular flexibility index (Phi) is 29.4. The Morgan fingerprint density at radius 2 is 1.18 bits per heavy atom. The molecule has 0 aromatic carbocycles. The summed E-state index contributed by atoms with van der Waals surface area (Å²) in [5, 5.41) is 16.4. The van der Waals surface area contributed by atoms with Gasteiger partial charge < -0.3 is 51.8 Å². The first kappa shape index (κ1) is 52.4. The van der Waals surface area contributed by atoms with Gasteiger partial charge in [0.05, 0.1) is 26.4 Å². The zero-order valence-electron chi connectivity index (χ0n) is 34.6. The molecule has 0 aromatic heterocycles. The van der Waals surface area contributed by atoms with E-state index in [9.17, 15) is 33.6 Å². The number of hydrogen-bond acceptors (Lipinski definition) is 11. The van der Waals surface area contributed by atoms with Gasteiger partial charge in [-0.1, -0.05) is 27.2 Å². The van der Waals surface area contributed by atoms with Crippen LogP contribution in [0.2, 0.25) is 0 Å². The van der Waals surface area contributed by atoms with Crippen molar-refractivity contribution >= 4 is 54.2 Å². The van der Waals surface area contributed by atoms with Gasteiger partial charge in [0.15, 0.2) is 0 Å². The maximum Gasteiger partial charge on any atom is 0.407 e. The fourth-order valence-electron chi connectivity index (χ4n) is 4.93.